The molecular formula is C20H28O3. The maximum Gasteiger partial charge on any atom is 0.365 e. The summed E-state index contributed by atoms with van der Waals surface area (Å²) in [6.45, 7) is 10.7. The SMILES string of the molecule is CC1=C(/C=C/C(C)=C/C=C/C(C)=C/C(=O)OO)C(C)(C)CCC1. The molecule has 0 saturated carbocycles. The van der Waals surface area contributed by atoms with Crippen LogP contribution in [0.3, 0.4) is 0 Å². The van der Waals surface area contributed by atoms with Crippen LogP contribution in [0, 0.1) is 5.41 Å². The van der Waals surface area contributed by atoms with Crippen LogP contribution in [0.5, 0.6) is 0 Å². The van der Waals surface area contributed by atoms with Crippen LogP contribution in [0.25, 0.3) is 0 Å². The fourth-order valence-electron chi connectivity index (χ4n) is 2.89. The number of carbonyl (C=O) groups excluding carboxylic acids is 1. The maximum atomic E-state index is 10.9. The van der Waals surface area contributed by atoms with Crippen LogP contribution < -0.4 is 0 Å². The molecule has 0 atom stereocenters. The van der Waals surface area contributed by atoms with Crippen molar-refractivity contribution in [3.63, 3.8) is 0 Å². The quantitative estimate of drug-likeness (QED) is 0.314. The maximum absolute atomic E-state index is 10.9. The van der Waals surface area contributed by atoms with Gasteiger partial charge in [-0.25, -0.2) is 4.79 Å². The molecule has 0 heterocycles. The molecule has 0 amide bonds. The predicted molar refractivity (Wildman–Crippen MR) is 94.8 cm³/mol. The van der Waals surface area contributed by atoms with E-state index in [1.165, 1.54) is 36.5 Å². The van der Waals surface area contributed by atoms with Gasteiger partial charge in [0.1, 0.15) is 0 Å². The second-order valence-corrected chi connectivity index (χ2v) is 6.83. The lowest BCUT2D eigenvalue weighted by Crippen LogP contribution is -2.19. The van der Waals surface area contributed by atoms with Gasteiger partial charge in [-0.1, -0.05) is 55.4 Å². The zero-order valence-corrected chi connectivity index (χ0v) is 14.8. The van der Waals surface area contributed by atoms with Gasteiger partial charge in [-0.15, -0.1) is 0 Å². The van der Waals surface area contributed by atoms with Gasteiger partial charge in [-0.3, -0.25) is 4.89 Å². The fraction of sp³-hybridized carbons (Fsp3) is 0.450. The van der Waals surface area contributed by atoms with Crippen LogP contribution in [-0.2, 0) is 9.68 Å². The summed E-state index contributed by atoms with van der Waals surface area (Å²) in [5.74, 6) is -0.769. The molecule has 0 fully saturated rings. The highest BCUT2D eigenvalue weighted by molar-refractivity contribution is 5.82. The Bertz CT molecular complexity index is 584. The molecule has 1 N–H and O–H groups in total. The first kappa shape index (κ1) is 19.2. The van der Waals surface area contributed by atoms with Gasteiger partial charge in [-0.05, 0) is 56.6 Å². The van der Waals surface area contributed by atoms with Gasteiger partial charge in [-0.2, -0.15) is 5.26 Å². The van der Waals surface area contributed by atoms with Crippen molar-refractivity contribution in [1.29, 1.82) is 0 Å². The first-order valence-electron chi connectivity index (χ1n) is 8.03. The molecule has 0 aromatic heterocycles. The van der Waals surface area contributed by atoms with Crippen molar-refractivity contribution in [3.05, 3.63) is 58.7 Å². The van der Waals surface area contributed by atoms with Crippen LogP contribution in [0.4, 0.5) is 0 Å². The summed E-state index contributed by atoms with van der Waals surface area (Å²) in [6, 6.07) is 0. The van der Waals surface area contributed by atoms with E-state index in [0.29, 0.717) is 5.57 Å². The lowest BCUT2D eigenvalue weighted by molar-refractivity contribution is -0.228. The smallest absolute Gasteiger partial charge is 0.296 e. The molecule has 0 aromatic carbocycles. The first-order valence-corrected chi connectivity index (χ1v) is 8.03. The molecule has 1 aliphatic carbocycles. The van der Waals surface area contributed by atoms with Crippen molar-refractivity contribution in [2.24, 2.45) is 5.41 Å². The highest BCUT2D eigenvalue weighted by Gasteiger charge is 2.26. The lowest BCUT2D eigenvalue weighted by Gasteiger charge is -2.32. The molecule has 3 nitrogen and oxygen atoms in total. The monoisotopic (exact) mass is 316 g/mol. The minimum atomic E-state index is -0.769. The molecule has 0 spiro atoms. The van der Waals surface area contributed by atoms with Crippen LogP contribution in [0.1, 0.15) is 53.9 Å². The summed E-state index contributed by atoms with van der Waals surface area (Å²) in [5.41, 5.74) is 5.03. The fourth-order valence-corrected chi connectivity index (χ4v) is 2.89. The number of carbonyl (C=O) groups is 1. The molecule has 126 valence electrons. The van der Waals surface area contributed by atoms with Crippen LogP contribution >= 0.6 is 0 Å². The second kappa shape index (κ2) is 8.68. The Hall–Kier alpha value is -1.87. The Morgan fingerprint density at radius 1 is 1.22 bits per heavy atom. The van der Waals surface area contributed by atoms with E-state index in [4.69, 9.17) is 5.26 Å². The Morgan fingerprint density at radius 2 is 1.91 bits per heavy atom. The van der Waals surface area contributed by atoms with Crippen molar-refractivity contribution in [2.75, 3.05) is 0 Å². The Kier molecular flexibility index (Phi) is 7.24. The van der Waals surface area contributed by atoms with Crippen LogP contribution in [0.15, 0.2) is 58.7 Å². The standard InChI is InChI=1S/C20H28O3/c1-15(8-6-9-16(2)14-19(21)23-22)11-12-18-17(3)10-7-13-20(18,4)5/h6,8-9,11-12,14,22H,7,10,13H2,1-5H3/b9-6+,12-11+,15-8+,16-14+. The Morgan fingerprint density at radius 3 is 2.52 bits per heavy atom. The number of allylic oxidation sites excluding steroid dienone is 9. The molecule has 0 saturated heterocycles. The van der Waals surface area contributed by atoms with E-state index in [0.717, 1.165) is 5.57 Å². The molecule has 0 aliphatic heterocycles. The summed E-state index contributed by atoms with van der Waals surface area (Å²) in [7, 11) is 0. The Balaban J connectivity index is 2.77. The first-order chi connectivity index (χ1) is 10.8. The average Bonchev–Trinajstić information content (AvgIpc) is 2.45. The van der Waals surface area contributed by atoms with Gasteiger partial charge in [0.25, 0.3) is 0 Å². The summed E-state index contributed by atoms with van der Waals surface area (Å²) >= 11 is 0. The molecule has 0 bridgehead atoms. The summed E-state index contributed by atoms with van der Waals surface area (Å²) < 4.78 is 0. The molecule has 0 unspecified atom stereocenters. The molecular weight excluding hydrogens is 288 g/mol. The molecule has 23 heavy (non-hydrogen) atoms. The largest absolute Gasteiger partial charge is 0.365 e. The van der Waals surface area contributed by atoms with E-state index in [2.05, 4.69) is 37.8 Å². The molecule has 3 heteroatoms. The van der Waals surface area contributed by atoms with E-state index >= 15 is 0 Å². The van der Waals surface area contributed by atoms with Gasteiger partial charge in [0.15, 0.2) is 0 Å². The van der Waals surface area contributed by atoms with Crippen molar-refractivity contribution >= 4 is 5.97 Å². The molecule has 0 radical (unpaired) electrons. The van der Waals surface area contributed by atoms with Gasteiger partial charge >= 0.3 is 5.97 Å². The van der Waals surface area contributed by atoms with E-state index in [9.17, 15) is 4.79 Å². The highest BCUT2D eigenvalue weighted by Crippen LogP contribution is 2.40. The normalized spacial score (nSPS) is 19.7. The van der Waals surface area contributed by atoms with Gasteiger partial charge in [0.2, 0.25) is 0 Å². The minimum absolute atomic E-state index is 0.249. The van der Waals surface area contributed by atoms with Crippen LogP contribution in [-0.4, -0.2) is 11.2 Å². The predicted octanol–water partition coefficient (Wildman–Crippen LogP) is 5.53. The van der Waals surface area contributed by atoms with Gasteiger partial charge in [0, 0.05) is 6.08 Å². The van der Waals surface area contributed by atoms with Gasteiger partial charge < -0.3 is 0 Å². The van der Waals surface area contributed by atoms with E-state index in [1.807, 2.05) is 19.1 Å². The zero-order valence-electron chi connectivity index (χ0n) is 14.8. The topological polar surface area (TPSA) is 46.5 Å². The molecule has 0 aromatic rings. The third-order valence-corrected chi connectivity index (χ3v) is 4.21. The summed E-state index contributed by atoms with van der Waals surface area (Å²) in [5, 5.41) is 8.21. The van der Waals surface area contributed by atoms with Crippen molar-refractivity contribution in [2.45, 2.75) is 53.9 Å². The summed E-state index contributed by atoms with van der Waals surface area (Å²) in [6.07, 6.45) is 15.0. The van der Waals surface area contributed by atoms with Crippen molar-refractivity contribution < 1.29 is 14.9 Å². The van der Waals surface area contributed by atoms with Crippen molar-refractivity contribution in [1.82, 2.24) is 0 Å². The number of hydrogen-bond acceptors (Lipinski definition) is 3. The van der Waals surface area contributed by atoms with Crippen LogP contribution in [0.2, 0.25) is 0 Å². The molecule has 1 rings (SSSR count). The zero-order chi connectivity index (χ0) is 17.5. The third kappa shape index (κ3) is 6.41. The lowest BCUT2D eigenvalue weighted by atomic mass is 9.72. The third-order valence-electron chi connectivity index (χ3n) is 4.21. The average molecular weight is 316 g/mol. The second-order valence-electron chi connectivity index (χ2n) is 6.83. The number of rotatable bonds is 5. The van der Waals surface area contributed by atoms with Crippen molar-refractivity contribution in [3.8, 4) is 0 Å². The number of hydrogen-bond donors (Lipinski definition) is 1. The highest BCUT2D eigenvalue weighted by atomic mass is 17.1. The summed E-state index contributed by atoms with van der Waals surface area (Å²) in [4.78, 5) is 14.5. The Labute approximate surface area is 139 Å². The van der Waals surface area contributed by atoms with E-state index in [1.54, 1.807) is 13.0 Å². The minimum Gasteiger partial charge on any atom is -0.296 e. The van der Waals surface area contributed by atoms with E-state index < -0.39 is 5.97 Å². The van der Waals surface area contributed by atoms with Gasteiger partial charge in [0.05, 0.1) is 0 Å². The van der Waals surface area contributed by atoms with E-state index in [-0.39, 0.29) is 5.41 Å². The molecule has 1 aliphatic rings.